The van der Waals surface area contributed by atoms with Gasteiger partial charge in [-0.25, -0.2) is 14.7 Å². The third-order valence-electron chi connectivity index (χ3n) is 7.51. The van der Waals surface area contributed by atoms with E-state index in [-0.39, 0.29) is 23.8 Å². The fourth-order valence-corrected chi connectivity index (χ4v) is 5.73. The molecule has 3 aliphatic heterocycles. The van der Waals surface area contributed by atoms with E-state index in [0.717, 1.165) is 30.6 Å². The van der Waals surface area contributed by atoms with Crippen LogP contribution in [0.4, 0.5) is 22.0 Å². The number of amides is 4. The van der Waals surface area contributed by atoms with Crippen molar-refractivity contribution >= 4 is 35.0 Å². The molecule has 0 aliphatic carbocycles. The van der Waals surface area contributed by atoms with Crippen LogP contribution in [0, 0.1) is 5.92 Å². The number of aromatic nitrogens is 2. The van der Waals surface area contributed by atoms with E-state index < -0.39 is 12.1 Å². The summed E-state index contributed by atoms with van der Waals surface area (Å²) in [6.07, 6.45) is 3.46. The van der Waals surface area contributed by atoms with E-state index in [1.54, 1.807) is 24.3 Å². The van der Waals surface area contributed by atoms with Crippen LogP contribution in [0.3, 0.4) is 0 Å². The van der Waals surface area contributed by atoms with Crippen molar-refractivity contribution in [3.05, 3.63) is 54.7 Å². The Balaban J connectivity index is 1.38. The molecule has 4 amide bonds. The predicted octanol–water partition coefficient (Wildman–Crippen LogP) is 3.39. The van der Waals surface area contributed by atoms with Crippen LogP contribution in [-0.4, -0.2) is 52.6 Å². The summed E-state index contributed by atoms with van der Waals surface area (Å²) in [6, 6.07) is 13.4. The number of imidazole rings is 1. The Morgan fingerprint density at radius 2 is 1.87 bits per heavy atom. The molecule has 2 fully saturated rings. The molecule has 10 nitrogen and oxygen atoms in total. The second kappa shape index (κ2) is 9.20. The number of ether oxygens (including phenoxy) is 1. The van der Waals surface area contributed by atoms with Gasteiger partial charge in [-0.15, -0.1) is 0 Å². The monoisotopic (exact) mass is 514 g/mol. The number of nitrogens with two attached hydrogens (primary N) is 1. The van der Waals surface area contributed by atoms with Gasteiger partial charge >= 0.3 is 6.03 Å². The number of carbonyl (C=O) groups excluding carboxylic acids is 3. The molecule has 3 aromatic rings. The molecule has 0 saturated carbocycles. The molecule has 4 heterocycles. The highest BCUT2D eigenvalue weighted by atomic mass is 16.5. The highest BCUT2D eigenvalue weighted by molar-refractivity contribution is 6.28. The van der Waals surface area contributed by atoms with Gasteiger partial charge in [0.25, 0.3) is 5.91 Å². The molecular formula is C28H30N6O4. The summed E-state index contributed by atoms with van der Waals surface area (Å²) in [5.41, 5.74) is 7.83. The Kier molecular flexibility index (Phi) is 5.81. The Labute approximate surface area is 220 Å². The van der Waals surface area contributed by atoms with Crippen LogP contribution in [0.5, 0.6) is 5.75 Å². The average Bonchev–Trinajstić information content (AvgIpc) is 3.58. The van der Waals surface area contributed by atoms with Crippen molar-refractivity contribution in [2.45, 2.75) is 45.3 Å². The van der Waals surface area contributed by atoms with Crippen LogP contribution < -0.4 is 25.2 Å². The molecule has 2 atom stereocenters. The number of hydrogen-bond acceptors (Lipinski definition) is 6. The molecular weight excluding hydrogens is 484 g/mol. The van der Waals surface area contributed by atoms with E-state index in [4.69, 9.17) is 15.5 Å². The van der Waals surface area contributed by atoms with Gasteiger partial charge in [0, 0.05) is 24.5 Å². The molecule has 0 unspecified atom stereocenters. The SMILES string of the molecule is CC(C)[C@@H]1C(=O)N(c2ccccc2)C(=O)N1c1cn2c(n1)-c1ccc(N3CCC[C@H]3C(N)=O)cc1OCC2. The molecule has 0 spiro atoms. The molecule has 0 bridgehead atoms. The van der Waals surface area contributed by atoms with Gasteiger partial charge in [-0.1, -0.05) is 32.0 Å². The van der Waals surface area contributed by atoms with Crippen LogP contribution in [0.25, 0.3) is 11.4 Å². The topological polar surface area (TPSA) is 114 Å². The highest BCUT2D eigenvalue weighted by Gasteiger charge is 2.49. The van der Waals surface area contributed by atoms with E-state index in [1.807, 2.05) is 53.8 Å². The number of nitrogens with zero attached hydrogens (tertiary/aromatic N) is 5. The summed E-state index contributed by atoms with van der Waals surface area (Å²) in [5, 5.41) is 0. The summed E-state index contributed by atoms with van der Waals surface area (Å²) in [6.45, 7) is 5.56. The molecule has 0 radical (unpaired) electrons. The fourth-order valence-electron chi connectivity index (χ4n) is 5.73. The van der Waals surface area contributed by atoms with Crippen LogP contribution in [0.1, 0.15) is 26.7 Å². The average molecular weight is 515 g/mol. The molecule has 2 aromatic carbocycles. The summed E-state index contributed by atoms with van der Waals surface area (Å²) in [7, 11) is 0. The van der Waals surface area contributed by atoms with E-state index in [2.05, 4.69) is 0 Å². The number of urea groups is 1. The lowest BCUT2D eigenvalue weighted by Crippen LogP contribution is -2.40. The smallest absolute Gasteiger partial charge is 0.337 e. The van der Waals surface area contributed by atoms with Gasteiger partial charge in [-0.2, -0.15) is 0 Å². The van der Waals surface area contributed by atoms with Crippen LogP contribution in [0.15, 0.2) is 54.7 Å². The molecule has 3 aliphatic rings. The van der Waals surface area contributed by atoms with Crippen molar-refractivity contribution in [3.63, 3.8) is 0 Å². The first kappa shape index (κ1) is 24.0. The minimum atomic E-state index is -0.666. The molecule has 10 heteroatoms. The van der Waals surface area contributed by atoms with Gasteiger partial charge in [0.1, 0.15) is 30.3 Å². The first-order valence-electron chi connectivity index (χ1n) is 13.0. The van der Waals surface area contributed by atoms with Crippen LogP contribution >= 0.6 is 0 Å². The summed E-state index contributed by atoms with van der Waals surface area (Å²) in [4.78, 5) is 48.7. The largest absolute Gasteiger partial charge is 0.491 e. The Bertz CT molecular complexity index is 1420. The molecule has 2 saturated heterocycles. The van der Waals surface area contributed by atoms with Gasteiger partial charge in [-0.05, 0) is 43.0 Å². The third kappa shape index (κ3) is 3.79. The molecule has 6 rings (SSSR count). The molecule has 2 N–H and O–H groups in total. The third-order valence-corrected chi connectivity index (χ3v) is 7.51. The second-order valence-electron chi connectivity index (χ2n) is 10.2. The second-order valence-corrected chi connectivity index (χ2v) is 10.2. The molecule has 38 heavy (non-hydrogen) atoms. The van der Waals surface area contributed by atoms with Gasteiger partial charge in [0.05, 0.1) is 17.8 Å². The Hall–Kier alpha value is -4.34. The van der Waals surface area contributed by atoms with Crippen LogP contribution in [-0.2, 0) is 16.1 Å². The number of fused-ring (bicyclic) bond motifs is 3. The number of benzene rings is 2. The zero-order chi connectivity index (χ0) is 26.6. The maximum atomic E-state index is 13.6. The van der Waals surface area contributed by atoms with E-state index in [9.17, 15) is 14.4 Å². The molecule has 1 aromatic heterocycles. The van der Waals surface area contributed by atoms with Crippen molar-refractivity contribution in [1.82, 2.24) is 9.55 Å². The van der Waals surface area contributed by atoms with Crippen molar-refractivity contribution in [2.24, 2.45) is 11.7 Å². The fraction of sp³-hybridized carbons (Fsp3) is 0.357. The van der Waals surface area contributed by atoms with Crippen LogP contribution in [0.2, 0.25) is 0 Å². The van der Waals surface area contributed by atoms with Crippen molar-refractivity contribution < 1.29 is 19.1 Å². The predicted molar refractivity (Wildman–Crippen MR) is 143 cm³/mol. The summed E-state index contributed by atoms with van der Waals surface area (Å²) >= 11 is 0. The molecule has 196 valence electrons. The van der Waals surface area contributed by atoms with Crippen molar-refractivity contribution in [2.75, 3.05) is 27.9 Å². The number of imide groups is 1. The van der Waals surface area contributed by atoms with Crippen molar-refractivity contribution in [3.8, 4) is 17.1 Å². The Morgan fingerprint density at radius 3 is 2.61 bits per heavy atom. The lowest BCUT2D eigenvalue weighted by Gasteiger charge is -2.25. The minimum absolute atomic E-state index is 0.112. The van der Waals surface area contributed by atoms with Gasteiger partial charge in [0.15, 0.2) is 5.82 Å². The summed E-state index contributed by atoms with van der Waals surface area (Å²) in [5.74, 6) is 1.05. The standard InChI is InChI=1S/C28H30N6O4/c1-17(2)24-27(36)33(18-7-4-3-5-8-18)28(37)34(24)23-16-31-13-14-38-22-15-19(10-11-20(22)26(31)30-23)32-12-6-9-21(32)25(29)35/h3-5,7-8,10-11,15-17,21,24H,6,9,12-14H2,1-2H3,(H2,29,35)/t21-,24+/m0/s1. The quantitative estimate of drug-likeness (QED) is 0.522. The number of carbonyl (C=O) groups is 3. The lowest BCUT2D eigenvalue weighted by molar-refractivity contribution is -0.119. The van der Waals surface area contributed by atoms with Crippen molar-refractivity contribution in [1.29, 1.82) is 0 Å². The van der Waals surface area contributed by atoms with Gasteiger partial charge < -0.3 is 19.9 Å². The van der Waals surface area contributed by atoms with Gasteiger partial charge in [0.2, 0.25) is 5.91 Å². The minimum Gasteiger partial charge on any atom is -0.491 e. The number of anilines is 3. The zero-order valence-electron chi connectivity index (χ0n) is 21.4. The number of hydrogen-bond donors (Lipinski definition) is 1. The van der Waals surface area contributed by atoms with E-state index in [0.29, 0.717) is 36.2 Å². The maximum absolute atomic E-state index is 13.6. The van der Waals surface area contributed by atoms with E-state index >= 15 is 0 Å². The first-order chi connectivity index (χ1) is 18.3. The van der Waals surface area contributed by atoms with Gasteiger partial charge in [-0.3, -0.25) is 14.5 Å². The Morgan fingerprint density at radius 1 is 1.08 bits per heavy atom. The number of primary amides is 1. The zero-order valence-corrected chi connectivity index (χ0v) is 21.4. The normalized spacial score (nSPS) is 21.0. The van der Waals surface area contributed by atoms with E-state index in [1.165, 1.54) is 9.80 Å². The maximum Gasteiger partial charge on any atom is 0.337 e. The number of para-hydroxylation sites is 1. The first-order valence-corrected chi connectivity index (χ1v) is 13.0. The lowest BCUT2D eigenvalue weighted by atomic mass is 10.0. The summed E-state index contributed by atoms with van der Waals surface area (Å²) < 4.78 is 8.04. The number of rotatable bonds is 5. The highest BCUT2D eigenvalue weighted by Crippen LogP contribution is 2.39.